The van der Waals surface area contributed by atoms with Gasteiger partial charge in [-0.05, 0) is 35.4 Å². The summed E-state index contributed by atoms with van der Waals surface area (Å²) >= 11 is 0. The van der Waals surface area contributed by atoms with Crippen LogP contribution in [-0.4, -0.2) is 21.5 Å². The first-order valence-electron chi connectivity index (χ1n) is 11.2. The van der Waals surface area contributed by atoms with Crippen molar-refractivity contribution >= 4 is 16.7 Å². The third-order valence-corrected chi connectivity index (χ3v) is 5.74. The second-order valence-corrected chi connectivity index (χ2v) is 7.92. The van der Waals surface area contributed by atoms with Crippen LogP contribution in [0, 0.1) is 6.92 Å². The zero-order valence-electron chi connectivity index (χ0n) is 18.4. The fourth-order valence-electron chi connectivity index (χ4n) is 3.98. The molecule has 5 rings (SSSR count). The molecular formula is C29H25N4+. The number of anilines is 1. The molecule has 1 N–H and O–H groups in total. The number of hydrogen-bond acceptors (Lipinski definition) is 4. The van der Waals surface area contributed by atoms with Crippen molar-refractivity contribution in [1.29, 1.82) is 0 Å². The molecule has 4 heteroatoms. The largest absolute Gasteiger partial charge is 0.369 e. The molecule has 0 aliphatic heterocycles. The Morgan fingerprint density at radius 3 is 2.33 bits per heavy atom. The Morgan fingerprint density at radius 2 is 1.58 bits per heavy atom. The molecule has 0 unspecified atom stereocenters. The molecule has 160 valence electrons. The van der Waals surface area contributed by atoms with Gasteiger partial charge in [-0.15, -0.1) is 0 Å². The van der Waals surface area contributed by atoms with Crippen molar-refractivity contribution in [3.63, 3.8) is 0 Å². The first kappa shape index (κ1) is 20.7. The van der Waals surface area contributed by atoms with Gasteiger partial charge in [0.2, 0.25) is 0 Å². The lowest BCUT2D eigenvalue weighted by Gasteiger charge is -2.14. The lowest BCUT2D eigenvalue weighted by atomic mass is 9.97. The third-order valence-electron chi connectivity index (χ3n) is 5.74. The van der Waals surface area contributed by atoms with Crippen LogP contribution in [0.5, 0.6) is 0 Å². The Balaban J connectivity index is 1.56. The maximum Gasteiger partial charge on any atom is 0.135 e. The van der Waals surface area contributed by atoms with Gasteiger partial charge in [-0.1, -0.05) is 60.7 Å². The number of hydrogen-bond donors (Lipinski definition) is 1. The van der Waals surface area contributed by atoms with E-state index in [0.717, 1.165) is 64.2 Å². The average Bonchev–Trinajstić information content (AvgIpc) is 2.89. The van der Waals surface area contributed by atoms with E-state index in [-0.39, 0.29) is 0 Å². The second kappa shape index (κ2) is 9.53. The van der Waals surface area contributed by atoms with Gasteiger partial charge in [0.1, 0.15) is 12.2 Å². The number of benzene rings is 2. The topological polar surface area (TPSA) is 50.7 Å². The van der Waals surface area contributed by atoms with E-state index in [1.54, 1.807) is 0 Å². The van der Waals surface area contributed by atoms with E-state index in [1.165, 1.54) is 5.56 Å². The summed E-state index contributed by atoms with van der Waals surface area (Å²) in [5.74, 6) is 0.840. The number of nitrogens with zero attached hydrogens (tertiary/aromatic N) is 3. The van der Waals surface area contributed by atoms with Crippen LogP contribution in [0.3, 0.4) is 0 Å². The van der Waals surface area contributed by atoms with Crippen molar-refractivity contribution in [2.45, 2.75) is 12.8 Å². The molecule has 0 fully saturated rings. The predicted molar refractivity (Wildman–Crippen MR) is 136 cm³/mol. The van der Waals surface area contributed by atoms with Crippen molar-refractivity contribution in [1.82, 2.24) is 15.0 Å². The van der Waals surface area contributed by atoms with Crippen molar-refractivity contribution < 1.29 is 0 Å². The highest BCUT2D eigenvalue weighted by Gasteiger charge is 2.14. The molecule has 0 atom stereocenters. The maximum absolute atomic E-state index is 5.10. The predicted octanol–water partition coefficient (Wildman–Crippen LogP) is 6.39. The van der Waals surface area contributed by atoms with Crippen LogP contribution in [0.4, 0.5) is 5.82 Å². The Bertz CT molecular complexity index is 1350. The fraction of sp³-hybridized carbons (Fsp3) is 0.103. The molecule has 3 heterocycles. The number of fused-ring (bicyclic) bond motifs is 1. The standard InChI is InChI=1S/C29H25N4/c1-2-21-11-13-23(14-12-21)28-25(22-8-4-3-5-9-22)20-26-27(33-28)16-19-32-29(26)31-18-15-24-10-6-7-17-30-24/h3-14,16-17,19-20H,1-2,15,18H2,(H,31,32)/q+1. The van der Waals surface area contributed by atoms with Gasteiger partial charge in [-0.3, -0.25) is 4.98 Å². The molecule has 0 radical (unpaired) electrons. The first-order valence-corrected chi connectivity index (χ1v) is 11.2. The Kier molecular flexibility index (Phi) is 5.98. The molecule has 0 spiro atoms. The number of pyridine rings is 3. The van der Waals surface area contributed by atoms with Crippen LogP contribution in [0.15, 0.2) is 97.3 Å². The van der Waals surface area contributed by atoms with Crippen LogP contribution < -0.4 is 5.32 Å². The molecule has 33 heavy (non-hydrogen) atoms. The van der Waals surface area contributed by atoms with Gasteiger partial charge in [-0.2, -0.15) is 0 Å². The molecule has 0 amide bonds. The van der Waals surface area contributed by atoms with Gasteiger partial charge < -0.3 is 5.32 Å². The van der Waals surface area contributed by atoms with E-state index < -0.39 is 0 Å². The quantitative estimate of drug-likeness (QED) is 0.305. The summed E-state index contributed by atoms with van der Waals surface area (Å²) in [4.78, 5) is 14.1. The summed E-state index contributed by atoms with van der Waals surface area (Å²) < 4.78 is 0. The SMILES string of the molecule is [CH2+]Cc1ccc(-c2nc3ccnc(NCCc4ccccn4)c3cc2-c2ccccc2)cc1. The van der Waals surface area contributed by atoms with Crippen molar-refractivity contribution in [2.75, 3.05) is 11.9 Å². The summed E-state index contributed by atoms with van der Waals surface area (Å²) in [6.45, 7) is 4.73. The molecule has 4 nitrogen and oxygen atoms in total. The zero-order valence-corrected chi connectivity index (χ0v) is 18.4. The van der Waals surface area contributed by atoms with Gasteiger partial charge in [0.15, 0.2) is 0 Å². The minimum atomic E-state index is 0.748. The summed E-state index contributed by atoms with van der Waals surface area (Å²) in [6.07, 6.45) is 5.24. The van der Waals surface area contributed by atoms with E-state index >= 15 is 0 Å². The Labute approximate surface area is 194 Å². The highest BCUT2D eigenvalue weighted by atomic mass is 15.0. The second-order valence-electron chi connectivity index (χ2n) is 7.92. The third kappa shape index (κ3) is 4.55. The van der Waals surface area contributed by atoms with E-state index in [9.17, 15) is 0 Å². The van der Waals surface area contributed by atoms with Crippen LogP contribution in [-0.2, 0) is 12.8 Å². The summed E-state index contributed by atoms with van der Waals surface area (Å²) in [5, 5.41) is 4.50. The summed E-state index contributed by atoms with van der Waals surface area (Å²) in [6, 6.07) is 29.1. The fourth-order valence-corrected chi connectivity index (χ4v) is 3.98. The highest BCUT2D eigenvalue weighted by Crippen LogP contribution is 2.35. The minimum absolute atomic E-state index is 0.748. The smallest absolute Gasteiger partial charge is 0.135 e. The molecular weight excluding hydrogens is 404 g/mol. The van der Waals surface area contributed by atoms with Gasteiger partial charge >= 0.3 is 0 Å². The molecule has 3 aromatic heterocycles. The van der Waals surface area contributed by atoms with E-state index in [4.69, 9.17) is 4.98 Å². The number of rotatable bonds is 7. The van der Waals surface area contributed by atoms with Crippen LogP contribution in [0.1, 0.15) is 11.3 Å². The normalized spacial score (nSPS) is 10.9. The van der Waals surface area contributed by atoms with Gasteiger partial charge in [0.05, 0.1) is 18.1 Å². The number of nitrogens with one attached hydrogen (secondary N) is 1. The Hall–Kier alpha value is -4.18. The Morgan fingerprint density at radius 1 is 0.758 bits per heavy atom. The van der Waals surface area contributed by atoms with Crippen molar-refractivity contribution in [3.05, 3.63) is 116 Å². The van der Waals surface area contributed by atoms with Crippen LogP contribution >= 0.6 is 0 Å². The molecule has 0 aliphatic carbocycles. The summed E-state index contributed by atoms with van der Waals surface area (Å²) in [7, 11) is 0. The molecule has 2 aromatic carbocycles. The molecule has 5 aromatic rings. The lowest BCUT2D eigenvalue weighted by molar-refractivity contribution is 0.956. The highest BCUT2D eigenvalue weighted by molar-refractivity contribution is 5.96. The van der Waals surface area contributed by atoms with Gasteiger partial charge in [0.25, 0.3) is 0 Å². The van der Waals surface area contributed by atoms with E-state index in [2.05, 4.69) is 76.8 Å². The van der Waals surface area contributed by atoms with E-state index in [0.29, 0.717) is 0 Å². The molecule has 0 saturated carbocycles. The monoisotopic (exact) mass is 429 g/mol. The van der Waals surface area contributed by atoms with Gasteiger partial charge in [0, 0.05) is 47.6 Å². The molecule has 0 saturated heterocycles. The summed E-state index contributed by atoms with van der Waals surface area (Å²) in [5.41, 5.74) is 7.47. The van der Waals surface area contributed by atoms with Gasteiger partial charge in [-0.25, -0.2) is 9.97 Å². The molecule has 0 bridgehead atoms. The van der Waals surface area contributed by atoms with Crippen molar-refractivity contribution in [2.24, 2.45) is 0 Å². The number of aromatic nitrogens is 3. The lowest BCUT2D eigenvalue weighted by Crippen LogP contribution is -2.08. The molecule has 0 aliphatic rings. The average molecular weight is 430 g/mol. The zero-order chi connectivity index (χ0) is 22.5. The first-order chi connectivity index (χ1) is 16.3. The maximum atomic E-state index is 5.10. The van der Waals surface area contributed by atoms with Crippen LogP contribution in [0.25, 0.3) is 33.3 Å². The van der Waals surface area contributed by atoms with E-state index in [1.807, 2.05) is 42.7 Å². The van der Waals surface area contributed by atoms with Crippen molar-refractivity contribution in [3.8, 4) is 22.4 Å². The minimum Gasteiger partial charge on any atom is -0.369 e. The van der Waals surface area contributed by atoms with Crippen LogP contribution in [0.2, 0.25) is 0 Å².